The Morgan fingerprint density at radius 1 is 0.857 bits per heavy atom. The summed E-state index contributed by atoms with van der Waals surface area (Å²) in [4.78, 5) is 29.1. The predicted molar refractivity (Wildman–Crippen MR) is 131 cm³/mol. The molecule has 2 N–H and O–H groups in total. The van der Waals surface area contributed by atoms with Gasteiger partial charge in [-0.1, -0.05) is 30.3 Å². The molecule has 1 amide bonds. The van der Waals surface area contributed by atoms with E-state index < -0.39 is 11.9 Å². The number of fused-ring (bicyclic) bond motifs is 1. The Hall–Kier alpha value is -4.59. The molecule has 0 fully saturated rings. The number of para-hydroxylation sites is 1. The third-order valence-corrected chi connectivity index (χ3v) is 5.50. The summed E-state index contributed by atoms with van der Waals surface area (Å²) in [6.45, 7) is 0.0358. The van der Waals surface area contributed by atoms with Crippen molar-refractivity contribution in [3.63, 3.8) is 0 Å². The molecular formula is C27H24N2O6. The van der Waals surface area contributed by atoms with Gasteiger partial charge in [0.2, 0.25) is 11.7 Å². The quantitative estimate of drug-likeness (QED) is 0.379. The lowest BCUT2D eigenvalue weighted by molar-refractivity contribution is 0.0475. The Morgan fingerprint density at radius 2 is 1.51 bits per heavy atom. The highest BCUT2D eigenvalue weighted by atomic mass is 16.5. The van der Waals surface area contributed by atoms with Crippen LogP contribution in [0.25, 0.3) is 22.2 Å². The molecule has 1 aromatic heterocycles. The summed E-state index contributed by atoms with van der Waals surface area (Å²) in [5.74, 6) is 0.384. The van der Waals surface area contributed by atoms with Gasteiger partial charge in [-0.15, -0.1) is 0 Å². The molecule has 0 spiro atoms. The van der Waals surface area contributed by atoms with Gasteiger partial charge in [0.25, 0.3) is 0 Å². The lowest BCUT2D eigenvalue weighted by Gasteiger charge is -2.15. The molecule has 0 aliphatic rings. The lowest BCUT2D eigenvalue weighted by atomic mass is 10.0. The van der Waals surface area contributed by atoms with E-state index in [9.17, 15) is 9.59 Å². The maximum absolute atomic E-state index is 13.1. The number of amides is 1. The number of primary amides is 1. The van der Waals surface area contributed by atoms with Gasteiger partial charge in [-0.05, 0) is 42.0 Å². The molecule has 35 heavy (non-hydrogen) atoms. The van der Waals surface area contributed by atoms with Crippen LogP contribution in [-0.2, 0) is 11.3 Å². The Kier molecular flexibility index (Phi) is 6.82. The Labute approximate surface area is 202 Å². The highest BCUT2D eigenvalue weighted by Crippen LogP contribution is 2.41. The van der Waals surface area contributed by atoms with Crippen molar-refractivity contribution in [1.29, 1.82) is 0 Å². The number of benzene rings is 3. The van der Waals surface area contributed by atoms with Crippen LogP contribution in [0.1, 0.15) is 26.3 Å². The van der Waals surface area contributed by atoms with Crippen LogP contribution in [0.4, 0.5) is 0 Å². The Morgan fingerprint density at radius 3 is 2.11 bits per heavy atom. The number of ether oxygens (including phenoxy) is 4. The molecule has 0 atom stereocenters. The third kappa shape index (κ3) is 4.86. The molecule has 4 rings (SSSR count). The summed E-state index contributed by atoms with van der Waals surface area (Å²) in [5, 5.41) is 0.665. The van der Waals surface area contributed by atoms with E-state index in [-0.39, 0.29) is 6.61 Å². The van der Waals surface area contributed by atoms with Crippen LogP contribution in [-0.4, -0.2) is 38.2 Å². The van der Waals surface area contributed by atoms with Gasteiger partial charge in [0.15, 0.2) is 11.5 Å². The average molecular weight is 472 g/mol. The normalized spacial score (nSPS) is 10.6. The number of nitrogens with zero attached hydrogens (tertiary/aromatic N) is 1. The van der Waals surface area contributed by atoms with E-state index in [1.807, 2.05) is 24.3 Å². The first-order valence-electron chi connectivity index (χ1n) is 10.7. The van der Waals surface area contributed by atoms with Crippen molar-refractivity contribution in [2.45, 2.75) is 6.61 Å². The van der Waals surface area contributed by atoms with Crippen LogP contribution in [0, 0.1) is 0 Å². The summed E-state index contributed by atoms with van der Waals surface area (Å²) in [7, 11) is 4.60. The number of nitrogens with two attached hydrogens (primary N) is 1. The minimum atomic E-state index is -0.517. The summed E-state index contributed by atoms with van der Waals surface area (Å²) >= 11 is 0. The predicted octanol–water partition coefficient (Wildman–Crippen LogP) is 4.38. The fraction of sp³-hybridized carbons (Fsp3) is 0.148. The van der Waals surface area contributed by atoms with Crippen molar-refractivity contribution in [3.05, 3.63) is 83.4 Å². The molecule has 0 saturated carbocycles. The van der Waals surface area contributed by atoms with Gasteiger partial charge in [-0.2, -0.15) is 0 Å². The first kappa shape index (κ1) is 23.6. The number of hydrogen-bond acceptors (Lipinski definition) is 7. The number of esters is 1. The standard InChI is InChI=1S/C27H24N2O6/c1-32-23-12-18(13-24(33-2)25(23)34-3)22-14-20(19-6-4-5-7-21(19)29-22)27(31)35-15-16-8-10-17(11-9-16)26(28)30/h4-14H,15H2,1-3H3,(H2,28,30). The van der Waals surface area contributed by atoms with E-state index >= 15 is 0 Å². The largest absolute Gasteiger partial charge is 0.493 e. The summed E-state index contributed by atoms with van der Waals surface area (Å²) < 4.78 is 21.9. The molecule has 0 aliphatic heterocycles. The number of methoxy groups -OCH3 is 3. The highest BCUT2D eigenvalue weighted by Gasteiger charge is 2.19. The average Bonchev–Trinajstić information content (AvgIpc) is 2.90. The summed E-state index contributed by atoms with van der Waals surface area (Å²) in [6.07, 6.45) is 0. The van der Waals surface area contributed by atoms with E-state index in [4.69, 9.17) is 29.7 Å². The minimum Gasteiger partial charge on any atom is -0.493 e. The summed E-state index contributed by atoms with van der Waals surface area (Å²) in [5.41, 5.74) is 8.62. The van der Waals surface area contributed by atoms with Gasteiger partial charge in [0.1, 0.15) is 6.61 Å². The van der Waals surface area contributed by atoms with Crippen molar-refractivity contribution in [3.8, 4) is 28.5 Å². The zero-order valence-electron chi connectivity index (χ0n) is 19.5. The monoisotopic (exact) mass is 472 g/mol. The van der Waals surface area contributed by atoms with Crippen LogP contribution in [0.15, 0.2) is 66.7 Å². The van der Waals surface area contributed by atoms with Gasteiger partial charge < -0.3 is 24.7 Å². The van der Waals surface area contributed by atoms with E-state index in [1.54, 1.807) is 42.5 Å². The van der Waals surface area contributed by atoms with Crippen molar-refractivity contribution in [1.82, 2.24) is 4.98 Å². The van der Waals surface area contributed by atoms with Crippen molar-refractivity contribution >= 4 is 22.8 Å². The molecule has 178 valence electrons. The van der Waals surface area contributed by atoms with E-state index in [0.717, 1.165) is 5.56 Å². The van der Waals surface area contributed by atoms with Crippen LogP contribution in [0.3, 0.4) is 0 Å². The van der Waals surface area contributed by atoms with Crippen LogP contribution >= 0.6 is 0 Å². The number of pyridine rings is 1. The first-order valence-corrected chi connectivity index (χ1v) is 10.7. The number of aromatic nitrogens is 1. The maximum Gasteiger partial charge on any atom is 0.339 e. The molecule has 8 nitrogen and oxygen atoms in total. The topological polar surface area (TPSA) is 110 Å². The minimum absolute atomic E-state index is 0.0358. The Bertz CT molecular complexity index is 1370. The zero-order valence-corrected chi connectivity index (χ0v) is 19.5. The summed E-state index contributed by atoms with van der Waals surface area (Å²) in [6, 6.07) is 19.1. The van der Waals surface area contributed by atoms with Crippen LogP contribution in [0.2, 0.25) is 0 Å². The molecule has 8 heteroatoms. The van der Waals surface area contributed by atoms with Gasteiger partial charge in [0.05, 0.1) is 38.1 Å². The zero-order chi connectivity index (χ0) is 24.9. The second kappa shape index (κ2) is 10.1. The second-order valence-corrected chi connectivity index (χ2v) is 7.62. The van der Waals surface area contributed by atoms with E-state index in [2.05, 4.69) is 0 Å². The smallest absolute Gasteiger partial charge is 0.339 e. The molecule has 0 unspecified atom stereocenters. The molecule has 3 aromatic carbocycles. The molecule has 0 bridgehead atoms. The molecule has 0 saturated heterocycles. The highest BCUT2D eigenvalue weighted by molar-refractivity contribution is 6.04. The Balaban J connectivity index is 1.71. The first-order chi connectivity index (χ1) is 16.9. The fourth-order valence-corrected chi connectivity index (χ4v) is 3.71. The van der Waals surface area contributed by atoms with Crippen LogP contribution in [0.5, 0.6) is 17.2 Å². The van der Waals surface area contributed by atoms with Gasteiger partial charge in [-0.25, -0.2) is 9.78 Å². The van der Waals surface area contributed by atoms with Gasteiger partial charge in [0, 0.05) is 16.5 Å². The number of rotatable bonds is 8. The lowest BCUT2D eigenvalue weighted by Crippen LogP contribution is -2.11. The van der Waals surface area contributed by atoms with Crippen molar-refractivity contribution in [2.24, 2.45) is 5.73 Å². The molecule has 0 radical (unpaired) electrons. The van der Waals surface area contributed by atoms with E-state index in [1.165, 1.54) is 21.3 Å². The van der Waals surface area contributed by atoms with E-state index in [0.29, 0.717) is 50.5 Å². The van der Waals surface area contributed by atoms with Crippen molar-refractivity contribution < 1.29 is 28.5 Å². The molecular weight excluding hydrogens is 448 g/mol. The number of carbonyl (C=O) groups excluding carboxylic acids is 2. The fourth-order valence-electron chi connectivity index (χ4n) is 3.71. The molecule has 4 aromatic rings. The third-order valence-electron chi connectivity index (χ3n) is 5.50. The number of hydrogen-bond donors (Lipinski definition) is 1. The van der Waals surface area contributed by atoms with Crippen molar-refractivity contribution in [2.75, 3.05) is 21.3 Å². The number of carbonyl (C=O) groups is 2. The molecule has 0 aliphatic carbocycles. The maximum atomic E-state index is 13.1. The van der Waals surface area contributed by atoms with Crippen LogP contribution < -0.4 is 19.9 Å². The van der Waals surface area contributed by atoms with Gasteiger partial charge >= 0.3 is 5.97 Å². The SMILES string of the molecule is COc1cc(-c2cc(C(=O)OCc3ccc(C(N)=O)cc3)c3ccccc3n2)cc(OC)c1OC. The second-order valence-electron chi connectivity index (χ2n) is 7.62. The van der Waals surface area contributed by atoms with Gasteiger partial charge in [-0.3, -0.25) is 4.79 Å². The molecule has 1 heterocycles.